The van der Waals surface area contributed by atoms with E-state index in [1.807, 2.05) is 6.07 Å². The first-order chi connectivity index (χ1) is 11.3. The minimum absolute atomic E-state index is 0.00190. The fraction of sp³-hybridized carbons (Fsp3) is 0.235. The molecule has 126 valence electrons. The molecule has 0 bridgehead atoms. The predicted molar refractivity (Wildman–Crippen MR) is 88.4 cm³/mol. The number of benzene rings is 2. The third-order valence-corrected chi connectivity index (χ3v) is 5.44. The maximum atomic E-state index is 12.9. The van der Waals surface area contributed by atoms with E-state index in [2.05, 4.69) is 4.72 Å². The molecule has 2 aromatic rings. The second-order valence-corrected chi connectivity index (χ2v) is 7.42. The number of anilines is 1. The molecule has 24 heavy (non-hydrogen) atoms. The summed E-state index contributed by atoms with van der Waals surface area (Å²) in [5.41, 5.74) is 2.46. The first-order valence-corrected chi connectivity index (χ1v) is 8.99. The van der Waals surface area contributed by atoms with Crippen LogP contribution in [0.2, 0.25) is 0 Å². The Morgan fingerprint density at radius 1 is 1.12 bits per heavy atom. The first kappa shape index (κ1) is 16.4. The molecule has 1 aliphatic heterocycles. The normalized spacial score (nSPS) is 14.2. The topological polar surface area (TPSA) is 66.5 Å². The summed E-state index contributed by atoms with van der Waals surface area (Å²) in [4.78, 5) is 13.2. The monoisotopic (exact) mass is 348 g/mol. The fourth-order valence-corrected chi connectivity index (χ4v) is 3.77. The highest BCUT2D eigenvalue weighted by molar-refractivity contribution is 7.92. The van der Waals surface area contributed by atoms with Crippen LogP contribution in [0.4, 0.5) is 10.1 Å². The summed E-state index contributed by atoms with van der Waals surface area (Å²) in [5.74, 6) is -0.495. The van der Waals surface area contributed by atoms with Crippen LogP contribution in [-0.4, -0.2) is 25.8 Å². The van der Waals surface area contributed by atoms with Gasteiger partial charge in [0.05, 0.1) is 4.90 Å². The van der Waals surface area contributed by atoms with Crippen LogP contribution < -0.4 is 4.72 Å². The summed E-state index contributed by atoms with van der Waals surface area (Å²) in [7, 11) is -3.78. The van der Waals surface area contributed by atoms with Crippen molar-refractivity contribution >= 4 is 21.6 Å². The first-order valence-electron chi connectivity index (χ1n) is 7.51. The summed E-state index contributed by atoms with van der Waals surface area (Å²) in [6.07, 6.45) is 0.750. The van der Waals surface area contributed by atoms with E-state index in [1.165, 1.54) is 19.1 Å². The van der Waals surface area contributed by atoms with E-state index in [4.69, 9.17) is 0 Å². The van der Waals surface area contributed by atoms with E-state index in [-0.39, 0.29) is 10.8 Å². The molecule has 5 nitrogen and oxygen atoms in total. The molecule has 1 amide bonds. The molecule has 1 N–H and O–H groups in total. The van der Waals surface area contributed by atoms with Crippen LogP contribution in [0, 0.1) is 5.82 Å². The number of sulfonamides is 1. The lowest BCUT2D eigenvalue weighted by atomic mass is 9.99. The average Bonchev–Trinajstić information content (AvgIpc) is 2.54. The Hall–Kier alpha value is -2.41. The Morgan fingerprint density at radius 2 is 1.83 bits per heavy atom. The molecule has 1 heterocycles. The van der Waals surface area contributed by atoms with Crippen molar-refractivity contribution < 1.29 is 17.6 Å². The summed E-state index contributed by atoms with van der Waals surface area (Å²) >= 11 is 0. The van der Waals surface area contributed by atoms with Crippen molar-refractivity contribution in [2.24, 2.45) is 0 Å². The van der Waals surface area contributed by atoms with Gasteiger partial charge in [0.2, 0.25) is 5.91 Å². The van der Waals surface area contributed by atoms with Crippen LogP contribution in [0.15, 0.2) is 47.4 Å². The van der Waals surface area contributed by atoms with Crippen LogP contribution in [0.1, 0.15) is 18.1 Å². The van der Waals surface area contributed by atoms with Gasteiger partial charge in [-0.1, -0.05) is 6.07 Å². The summed E-state index contributed by atoms with van der Waals surface area (Å²) in [6, 6.07) is 9.95. The molecule has 0 saturated carbocycles. The SMILES string of the molecule is CC(=O)N1CCc2ccc(NS(=O)(=O)c3ccc(F)cc3)cc2C1. The van der Waals surface area contributed by atoms with Crippen LogP contribution in [0.25, 0.3) is 0 Å². The Labute approximate surface area is 140 Å². The molecule has 0 unspecified atom stereocenters. The van der Waals surface area contributed by atoms with Gasteiger partial charge in [-0.25, -0.2) is 12.8 Å². The molecule has 7 heteroatoms. The van der Waals surface area contributed by atoms with Crippen molar-refractivity contribution in [3.63, 3.8) is 0 Å². The smallest absolute Gasteiger partial charge is 0.261 e. The van der Waals surface area contributed by atoms with Crippen LogP contribution in [0.5, 0.6) is 0 Å². The van der Waals surface area contributed by atoms with Gasteiger partial charge in [-0.05, 0) is 53.9 Å². The van der Waals surface area contributed by atoms with Crippen molar-refractivity contribution in [1.82, 2.24) is 4.90 Å². The minimum Gasteiger partial charge on any atom is -0.338 e. The number of nitrogens with zero attached hydrogens (tertiary/aromatic N) is 1. The maximum Gasteiger partial charge on any atom is 0.261 e. The third-order valence-electron chi connectivity index (χ3n) is 4.04. The number of nitrogens with one attached hydrogen (secondary N) is 1. The fourth-order valence-electron chi connectivity index (χ4n) is 2.72. The van der Waals surface area contributed by atoms with Gasteiger partial charge in [0, 0.05) is 25.7 Å². The van der Waals surface area contributed by atoms with Gasteiger partial charge in [-0.2, -0.15) is 0 Å². The van der Waals surface area contributed by atoms with Crippen molar-refractivity contribution in [2.75, 3.05) is 11.3 Å². The summed E-state index contributed by atoms with van der Waals surface area (Å²) < 4.78 is 40.2. The molecule has 0 radical (unpaired) electrons. The number of halogens is 1. The number of fused-ring (bicyclic) bond motifs is 1. The minimum atomic E-state index is -3.78. The predicted octanol–water partition coefficient (Wildman–Crippen LogP) is 2.53. The van der Waals surface area contributed by atoms with Crippen molar-refractivity contribution in [3.8, 4) is 0 Å². The van der Waals surface area contributed by atoms with E-state index in [0.29, 0.717) is 18.8 Å². The standard InChI is InChI=1S/C17H17FN2O3S/c1-12(21)20-9-8-13-2-5-16(10-14(13)11-20)19-24(22,23)17-6-3-15(18)4-7-17/h2-7,10,19H,8-9,11H2,1H3. The quantitative estimate of drug-likeness (QED) is 0.927. The third kappa shape index (κ3) is 3.41. The molecular weight excluding hydrogens is 331 g/mol. The van der Waals surface area contributed by atoms with Crippen LogP contribution >= 0.6 is 0 Å². The molecule has 0 fully saturated rings. The molecule has 0 spiro atoms. The molecule has 0 atom stereocenters. The second kappa shape index (κ2) is 6.24. The lowest BCUT2D eigenvalue weighted by Gasteiger charge is -2.28. The molecule has 3 rings (SSSR count). The zero-order valence-corrected chi connectivity index (χ0v) is 13.9. The molecule has 0 saturated heterocycles. The molecular formula is C17H17FN2O3S. The lowest BCUT2D eigenvalue weighted by molar-refractivity contribution is -0.129. The number of amides is 1. The largest absolute Gasteiger partial charge is 0.338 e. The zero-order chi connectivity index (χ0) is 17.3. The Morgan fingerprint density at radius 3 is 2.50 bits per heavy atom. The highest BCUT2D eigenvalue weighted by Crippen LogP contribution is 2.24. The van der Waals surface area contributed by atoms with Gasteiger partial charge in [0.15, 0.2) is 0 Å². The van der Waals surface area contributed by atoms with Gasteiger partial charge >= 0.3 is 0 Å². The highest BCUT2D eigenvalue weighted by Gasteiger charge is 2.20. The van der Waals surface area contributed by atoms with Crippen molar-refractivity contribution in [2.45, 2.75) is 24.8 Å². The van der Waals surface area contributed by atoms with Crippen molar-refractivity contribution in [1.29, 1.82) is 0 Å². The highest BCUT2D eigenvalue weighted by atomic mass is 32.2. The number of rotatable bonds is 3. The molecule has 1 aliphatic rings. The Balaban J connectivity index is 1.85. The summed E-state index contributed by atoms with van der Waals surface area (Å²) in [5, 5.41) is 0. The molecule has 0 aliphatic carbocycles. The van der Waals surface area contributed by atoms with E-state index >= 15 is 0 Å². The van der Waals surface area contributed by atoms with Crippen molar-refractivity contribution in [3.05, 3.63) is 59.4 Å². The Kier molecular flexibility index (Phi) is 4.28. The van der Waals surface area contributed by atoms with E-state index < -0.39 is 15.8 Å². The van der Waals surface area contributed by atoms with Gasteiger partial charge in [-0.15, -0.1) is 0 Å². The number of hydrogen-bond acceptors (Lipinski definition) is 3. The van der Waals surface area contributed by atoms with Crippen LogP contribution in [0.3, 0.4) is 0 Å². The number of carbonyl (C=O) groups is 1. The van der Waals surface area contributed by atoms with E-state index in [0.717, 1.165) is 29.7 Å². The maximum absolute atomic E-state index is 12.9. The molecule has 0 aromatic heterocycles. The zero-order valence-electron chi connectivity index (χ0n) is 13.1. The van der Waals surface area contributed by atoms with Gasteiger partial charge in [-0.3, -0.25) is 9.52 Å². The Bertz CT molecular complexity index is 879. The number of hydrogen-bond donors (Lipinski definition) is 1. The molecule has 2 aromatic carbocycles. The van der Waals surface area contributed by atoms with Gasteiger partial charge < -0.3 is 4.90 Å². The van der Waals surface area contributed by atoms with Crippen LogP contribution in [-0.2, 0) is 27.8 Å². The number of carbonyl (C=O) groups excluding carboxylic acids is 1. The lowest BCUT2D eigenvalue weighted by Crippen LogP contribution is -2.34. The van der Waals surface area contributed by atoms with E-state index in [9.17, 15) is 17.6 Å². The van der Waals surface area contributed by atoms with E-state index in [1.54, 1.807) is 17.0 Å². The second-order valence-electron chi connectivity index (χ2n) is 5.73. The average molecular weight is 348 g/mol. The van der Waals surface area contributed by atoms with Gasteiger partial charge in [0.25, 0.3) is 10.0 Å². The van der Waals surface area contributed by atoms with Gasteiger partial charge in [0.1, 0.15) is 5.82 Å². The summed E-state index contributed by atoms with van der Waals surface area (Å²) in [6.45, 7) is 2.66.